The molecule has 5 nitrogen and oxygen atoms in total. The fourth-order valence-electron chi connectivity index (χ4n) is 10.8. The Labute approximate surface area is 204 Å². The van der Waals surface area contributed by atoms with Crippen LogP contribution in [0.4, 0.5) is 0 Å². The number of nitrogens with zero attached hydrogens (tertiary/aromatic N) is 2. The van der Waals surface area contributed by atoms with Crippen LogP contribution in [0.3, 0.4) is 0 Å². The fraction of sp³-hybridized carbons (Fsp3) is 0.793. The summed E-state index contributed by atoms with van der Waals surface area (Å²) in [4.78, 5) is 32.1. The van der Waals surface area contributed by atoms with Crippen molar-refractivity contribution in [1.82, 2.24) is 15.1 Å². The number of dihydropyridines is 1. The van der Waals surface area contributed by atoms with Crippen LogP contribution in [0.5, 0.6) is 0 Å². The first-order valence-corrected chi connectivity index (χ1v) is 14.0. The molecule has 9 rings (SSSR count). The van der Waals surface area contributed by atoms with E-state index < -0.39 is 0 Å². The number of carbonyl (C=O) groups is 2. The first kappa shape index (κ1) is 21.5. The lowest BCUT2D eigenvalue weighted by Gasteiger charge is -2.57. The Hall–Kier alpha value is -1.78. The molecule has 5 heteroatoms. The van der Waals surface area contributed by atoms with E-state index in [2.05, 4.69) is 5.32 Å². The molecular formula is C29H41N3O2. The quantitative estimate of drug-likeness (QED) is 0.660. The van der Waals surface area contributed by atoms with Gasteiger partial charge < -0.3 is 15.1 Å². The Kier molecular flexibility index (Phi) is 4.66. The summed E-state index contributed by atoms with van der Waals surface area (Å²) >= 11 is 0. The normalized spacial score (nSPS) is 45.5. The molecule has 8 saturated carbocycles. The van der Waals surface area contributed by atoms with Crippen molar-refractivity contribution in [3.63, 3.8) is 0 Å². The average molecular weight is 464 g/mol. The highest BCUT2D eigenvalue weighted by molar-refractivity contribution is 5.87. The van der Waals surface area contributed by atoms with Crippen LogP contribution in [0.2, 0.25) is 0 Å². The maximum Gasteiger partial charge on any atom is 0.233 e. The van der Waals surface area contributed by atoms with Crippen molar-refractivity contribution in [2.24, 2.45) is 46.3 Å². The van der Waals surface area contributed by atoms with Gasteiger partial charge in [0.2, 0.25) is 11.8 Å². The molecule has 0 unspecified atom stereocenters. The second-order valence-electron chi connectivity index (χ2n) is 13.7. The van der Waals surface area contributed by atoms with Crippen LogP contribution in [0, 0.1) is 46.3 Å². The second-order valence-corrected chi connectivity index (χ2v) is 13.7. The molecule has 0 radical (unpaired) electrons. The van der Waals surface area contributed by atoms with Gasteiger partial charge in [-0.2, -0.15) is 0 Å². The van der Waals surface area contributed by atoms with Crippen molar-refractivity contribution in [3.05, 3.63) is 23.7 Å². The van der Waals surface area contributed by atoms with Gasteiger partial charge in [0.05, 0.1) is 28.8 Å². The van der Waals surface area contributed by atoms with Crippen molar-refractivity contribution in [1.29, 1.82) is 0 Å². The van der Waals surface area contributed by atoms with E-state index in [1.807, 2.05) is 36.2 Å². The van der Waals surface area contributed by atoms with Crippen molar-refractivity contribution in [2.45, 2.75) is 77.0 Å². The molecule has 8 bridgehead atoms. The van der Waals surface area contributed by atoms with E-state index in [4.69, 9.17) is 0 Å². The van der Waals surface area contributed by atoms with Crippen molar-refractivity contribution < 1.29 is 9.59 Å². The minimum absolute atomic E-state index is 0.161. The number of hydrogen-bond donors (Lipinski definition) is 1. The van der Waals surface area contributed by atoms with Gasteiger partial charge in [-0.1, -0.05) is 0 Å². The third kappa shape index (κ3) is 3.10. The number of carbonyl (C=O) groups excluding carboxylic acids is 2. The van der Waals surface area contributed by atoms with Gasteiger partial charge in [-0.25, -0.2) is 0 Å². The van der Waals surface area contributed by atoms with Gasteiger partial charge in [-0.15, -0.1) is 0 Å². The average Bonchev–Trinajstić information content (AvgIpc) is 2.80. The zero-order valence-electron chi connectivity index (χ0n) is 21.0. The van der Waals surface area contributed by atoms with E-state index in [0.29, 0.717) is 18.4 Å². The molecule has 9 aliphatic rings. The summed E-state index contributed by atoms with van der Waals surface area (Å²) in [6.07, 6.45) is 18.5. The minimum atomic E-state index is -0.164. The summed E-state index contributed by atoms with van der Waals surface area (Å²) in [5, 5.41) is 3.33. The molecule has 2 amide bonds. The van der Waals surface area contributed by atoms with Crippen LogP contribution in [0.15, 0.2) is 23.7 Å². The van der Waals surface area contributed by atoms with Gasteiger partial charge >= 0.3 is 0 Å². The molecule has 184 valence electrons. The van der Waals surface area contributed by atoms with Crippen LogP contribution in [0.1, 0.15) is 77.0 Å². The molecule has 1 N–H and O–H groups in total. The van der Waals surface area contributed by atoms with E-state index in [9.17, 15) is 9.59 Å². The lowest BCUT2D eigenvalue weighted by Crippen LogP contribution is -2.55. The van der Waals surface area contributed by atoms with Gasteiger partial charge in [-0.05, 0) is 125 Å². The number of amides is 2. The minimum Gasteiger partial charge on any atom is -0.385 e. The molecule has 34 heavy (non-hydrogen) atoms. The number of nitrogens with one attached hydrogen (secondary N) is 1. The van der Waals surface area contributed by atoms with E-state index in [-0.39, 0.29) is 10.8 Å². The maximum absolute atomic E-state index is 14.1. The Balaban J connectivity index is 1.17. The summed E-state index contributed by atoms with van der Waals surface area (Å²) in [6.45, 7) is 0.610. The smallest absolute Gasteiger partial charge is 0.233 e. The molecule has 8 aliphatic carbocycles. The van der Waals surface area contributed by atoms with Crippen molar-refractivity contribution >= 4 is 11.8 Å². The Bertz CT molecular complexity index is 907. The summed E-state index contributed by atoms with van der Waals surface area (Å²) in [7, 11) is 3.94. The molecule has 0 saturated heterocycles. The molecule has 0 spiro atoms. The summed E-state index contributed by atoms with van der Waals surface area (Å²) < 4.78 is 0. The molecule has 1 aliphatic heterocycles. The van der Waals surface area contributed by atoms with Crippen LogP contribution in [0.25, 0.3) is 0 Å². The number of likely N-dealkylation sites (N-methyl/N-ethyl adjacent to an activating group) is 2. The van der Waals surface area contributed by atoms with Gasteiger partial charge in [0.25, 0.3) is 0 Å². The van der Waals surface area contributed by atoms with E-state index in [1.54, 1.807) is 0 Å². The molecule has 8 fully saturated rings. The van der Waals surface area contributed by atoms with Gasteiger partial charge in [0.1, 0.15) is 0 Å². The highest BCUT2D eigenvalue weighted by Gasteiger charge is 2.57. The maximum atomic E-state index is 14.1. The molecule has 0 aromatic heterocycles. The Morgan fingerprint density at radius 2 is 1.09 bits per heavy atom. The zero-order valence-corrected chi connectivity index (χ0v) is 21.0. The molecular weight excluding hydrogens is 422 g/mol. The standard InChI is InChI=1S/C29H41N3O2/c1-31(26(33)28-11-18-5-19(12-28)7-20(6-18)13-28)24-3-4-30-17-25(24)32(2)27(34)29-14-21-8-22(15-29)10-23(9-21)16-29/h3-4,18-23,30H,5-17H2,1-2H3. The third-order valence-electron chi connectivity index (χ3n) is 11.3. The molecule has 0 atom stereocenters. The van der Waals surface area contributed by atoms with E-state index in [0.717, 1.165) is 85.4 Å². The van der Waals surface area contributed by atoms with Crippen LogP contribution in [-0.2, 0) is 9.59 Å². The van der Waals surface area contributed by atoms with Crippen molar-refractivity contribution in [3.8, 4) is 0 Å². The second kappa shape index (κ2) is 7.36. The topological polar surface area (TPSA) is 52.7 Å². The number of allylic oxidation sites excluding steroid dienone is 1. The van der Waals surface area contributed by atoms with Crippen LogP contribution in [-0.4, -0.2) is 42.3 Å². The van der Waals surface area contributed by atoms with Gasteiger partial charge in [-0.3, -0.25) is 9.59 Å². The Morgan fingerprint density at radius 3 is 1.50 bits per heavy atom. The molecule has 0 aromatic carbocycles. The first-order valence-electron chi connectivity index (χ1n) is 14.0. The van der Waals surface area contributed by atoms with E-state index in [1.165, 1.54) is 38.5 Å². The Morgan fingerprint density at radius 1 is 0.706 bits per heavy atom. The lowest BCUT2D eigenvalue weighted by atomic mass is 9.49. The lowest BCUT2D eigenvalue weighted by molar-refractivity contribution is -0.156. The number of hydrogen-bond acceptors (Lipinski definition) is 3. The highest BCUT2D eigenvalue weighted by atomic mass is 16.2. The van der Waals surface area contributed by atoms with Crippen LogP contribution < -0.4 is 5.32 Å². The van der Waals surface area contributed by atoms with Crippen molar-refractivity contribution in [2.75, 3.05) is 20.6 Å². The predicted molar refractivity (Wildman–Crippen MR) is 131 cm³/mol. The third-order valence-corrected chi connectivity index (χ3v) is 11.3. The molecule has 0 aromatic rings. The number of rotatable bonds is 4. The predicted octanol–water partition coefficient (Wildman–Crippen LogP) is 4.66. The first-order chi connectivity index (χ1) is 16.3. The van der Waals surface area contributed by atoms with Crippen LogP contribution >= 0.6 is 0 Å². The molecule has 1 heterocycles. The van der Waals surface area contributed by atoms with Gasteiger partial charge in [0, 0.05) is 14.1 Å². The largest absolute Gasteiger partial charge is 0.385 e. The summed E-state index contributed by atoms with van der Waals surface area (Å²) in [5.41, 5.74) is 1.58. The SMILES string of the molecule is CN(C(=O)C12CC3CC(CC(C3)C1)C2)C1=C(N(C)C(=O)C23CC4CC(CC(C4)C2)C3)CNC=C1. The zero-order chi connectivity index (χ0) is 23.2. The summed E-state index contributed by atoms with van der Waals surface area (Å²) in [6, 6.07) is 0. The highest BCUT2D eigenvalue weighted by Crippen LogP contribution is 2.62. The van der Waals surface area contributed by atoms with E-state index >= 15 is 0 Å². The van der Waals surface area contributed by atoms with Gasteiger partial charge in [0.15, 0.2) is 0 Å². The summed E-state index contributed by atoms with van der Waals surface area (Å²) in [5.74, 6) is 5.13. The monoisotopic (exact) mass is 463 g/mol. The fourth-order valence-corrected chi connectivity index (χ4v) is 10.8.